The van der Waals surface area contributed by atoms with Gasteiger partial charge >= 0.3 is 0 Å². The molecule has 0 saturated heterocycles. The Balaban J connectivity index is 0.858. The van der Waals surface area contributed by atoms with E-state index < -0.39 is 10.8 Å². The number of ether oxygens (including phenoxy) is 2. The van der Waals surface area contributed by atoms with E-state index in [0.29, 0.717) is 0 Å². The van der Waals surface area contributed by atoms with Crippen molar-refractivity contribution < 1.29 is 13.9 Å². The van der Waals surface area contributed by atoms with Crippen molar-refractivity contribution in [1.29, 1.82) is 0 Å². The van der Waals surface area contributed by atoms with Crippen LogP contribution in [0.4, 0.5) is 17.1 Å². The molecule has 0 unspecified atom stereocenters. The maximum atomic E-state index is 6.75. The first-order chi connectivity index (χ1) is 38.6. The number of hydrogen-bond acceptors (Lipinski definition) is 4. The Kier molecular flexibility index (Phi) is 8.94. The van der Waals surface area contributed by atoms with Crippen LogP contribution in [0, 0.1) is 0 Å². The molecule has 13 aromatic rings. The van der Waals surface area contributed by atoms with E-state index in [1.54, 1.807) is 0 Å². The molecule has 4 nitrogen and oxygen atoms in total. The number of furan rings is 1. The van der Waals surface area contributed by atoms with Crippen LogP contribution in [0.1, 0.15) is 44.5 Å². The van der Waals surface area contributed by atoms with Gasteiger partial charge in [-0.15, -0.1) is 0 Å². The Bertz CT molecular complexity index is 4570. The summed E-state index contributed by atoms with van der Waals surface area (Å²) in [6.45, 7) is 0. The van der Waals surface area contributed by atoms with Crippen LogP contribution in [0.3, 0.4) is 0 Å². The monoisotopic (exact) mass is 995 g/mol. The lowest BCUT2D eigenvalue weighted by Crippen LogP contribution is -2.32. The average Bonchev–Trinajstić information content (AvgIpc) is 4.31. The van der Waals surface area contributed by atoms with Crippen molar-refractivity contribution in [3.63, 3.8) is 0 Å². The number of benzene rings is 12. The zero-order valence-electron chi connectivity index (χ0n) is 42.2. The van der Waals surface area contributed by atoms with Crippen LogP contribution in [-0.2, 0) is 10.8 Å². The largest absolute Gasteiger partial charge is 0.457 e. The van der Waals surface area contributed by atoms with Crippen molar-refractivity contribution >= 4 is 39.0 Å². The summed E-state index contributed by atoms with van der Waals surface area (Å²) in [5, 5.41) is 2.25. The Morgan fingerprint density at radius 2 is 0.667 bits per heavy atom. The van der Waals surface area contributed by atoms with E-state index in [-0.39, 0.29) is 0 Å². The van der Waals surface area contributed by atoms with Gasteiger partial charge in [-0.2, -0.15) is 0 Å². The molecule has 4 heteroatoms. The second-order valence-electron chi connectivity index (χ2n) is 21.0. The first kappa shape index (κ1) is 43.1. The molecule has 2 spiro atoms. The third-order valence-electron chi connectivity index (χ3n) is 17.2. The van der Waals surface area contributed by atoms with Gasteiger partial charge in [0, 0.05) is 50.1 Å². The van der Waals surface area contributed by atoms with Gasteiger partial charge in [0.25, 0.3) is 0 Å². The lowest BCUT2D eigenvalue weighted by Gasteiger charge is -2.39. The van der Waals surface area contributed by atoms with E-state index in [0.717, 1.165) is 107 Å². The van der Waals surface area contributed by atoms with Gasteiger partial charge in [-0.1, -0.05) is 188 Å². The third kappa shape index (κ3) is 5.83. The second kappa shape index (κ2) is 16.2. The smallest absolute Gasteiger partial charge is 0.136 e. The van der Waals surface area contributed by atoms with E-state index in [4.69, 9.17) is 13.9 Å². The summed E-state index contributed by atoms with van der Waals surface area (Å²) < 4.78 is 19.8. The highest BCUT2D eigenvalue weighted by Crippen LogP contribution is 2.64. The van der Waals surface area contributed by atoms with Crippen LogP contribution >= 0.6 is 0 Å². The molecule has 0 fully saturated rings. The fourth-order valence-corrected chi connectivity index (χ4v) is 14.0. The lowest BCUT2D eigenvalue weighted by atomic mass is 9.66. The first-order valence-electron chi connectivity index (χ1n) is 26.8. The molecule has 364 valence electrons. The Morgan fingerprint density at radius 1 is 0.244 bits per heavy atom. The van der Waals surface area contributed by atoms with Gasteiger partial charge in [0.2, 0.25) is 0 Å². The molecule has 3 heterocycles. The molecule has 2 aliphatic heterocycles. The van der Waals surface area contributed by atoms with Gasteiger partial charge in [-0.25, -0.2) is 0 Å². The predicted molar refractivity (Wildman–Crippen MR) is 314 cm³/mol. The zero-order chi connectivity index (χ0) is 51.1. The number of fused-ring (bicyclic) bond motifs is 21. The maximum Gasteiger partial charge on any atom is 0.136 e. The highest BCUT2D eigenvalue weighted by Gasteiger charge is 2.53. The minimum Gasteiger partial charge on any atom is -0.457 e. The van der Waals surface area contributed by atoms with E-state index in [1.165, 1.54) is 44.5 Å². The molecular formula is C74H45NO3. The van der Waals surface area contributed by atoms with Crippen molar-refractivity contribution in [3.05, 3.63) is 317 Å². The van der Waals surface area contributed by atoms with Crippen molar-refractivity contribution in [2.45, 2.75) is 10.8 Å². The number of hydrogen-bond donors (Lipinski definition) is 0. The topological polar surface area (TPSA) is 34.8 Å². The summed E-state index contributed by atoms with van der Waals surface area (Å²) in [6, 6.07) is 99.3. The van der Waals surface area contributed by atoms with Gasteiger partial charge in [0.15, 0.2) is 0 Å². The summed E-state index contributed by atoms with van der Waals surface area (Å²) in [6.07, 6.45) is 0. The van der Waals surface area contributed by atoms with Crippen LogP contribution in [0.5, 0.6) is 23.0 Å². The van der Waals surface area contributed by atoms with Gasteiger partial charge < -0.3 is 18.8 Å². The highest BCUT2D eigenvalue weighted by atomic mass is 16.5. The van der Waals surface area contributed by atoms with Crippen LogP contribution < -0.4 is 14.4 Å². The molecule has 0 atom stereocenters. The van der Waals surface area contributed by atoms with Crippen molar-refractivity contribution in [3.8, 4) is 67.5 Å². The molecule has 2 aliphatic carbocycles. The third-order valence-corrected chi connectivity index (χ3v) is 17.2. The predicted octanol–water partition coefficient (Wildman–Crippen LogP) is 19.3. The van der Waals surface area contributed by atoms with Crippen molar-refractivity contribution in [2.75, 3.05) is 4.90 Å². The van der Waals surface area contributed by atoms with Crippen molar-refractivity contribution in [2.24, 2.45) is 0 Å². The second-order valence-corrected chi connectivity index (χ2v) is 21.0. The molecule has 0 bridgehead atoms. The molecule has 0 N–H and O–H groups in total. The molecule has 12 aromatic carbocycles. The Morgan fingerprint density at radius 3 is 1.28 bits per heavy atom. The van der Waals surface area contributed by atoms with Gasteiger partial charge in [0.05, 0.1) is 10.8 Å². The SMILES string of the molecule is c1cc(-c2ccc3c(c2)C2(c4ccccc4Oc4ccccc42)c2ccccc2-3)cc(N(c2ccc(-c3ccc4c(c3)oc3ccccc34)cc2)c2ccc3c(c2)C2(c4ccccc4Oc4ccccc42)c2ccccc2-3)c1. The quantitative estimate of drug-likeness (QED) is 0.172. The van der Waals surface area contributed by atoms with Gasteiger partial charge in [-0.05, 0) is 152 Å². The summed E-state index contributed by atoms with van der Waals surface area (Å²) in [7, 11) is 0. The van der Waals surface area contributed by atoms with E-state index in [2.05, 4.69) is 266 Å². The van der Waals surface area contributed by atoms with E-state index in [1.807, 2.05) is 12.1 Å². The van der Waals surface area contributed by atoms with Gasteiger partial charge in [-0.3, -0.25) is 0 Å². The van der Waals surface area contributed by atoms with E-state index >= 15 is 0 Å². The first-order valence-corrected chi connectivity index (χ1v) is 26.8. The zero-order valence-corrected chi connectivity index (χ0v) is 42.2. The molecule has 0 saturated carbocycles. The number of para-hydroxylation sites is 5. The van der Waals surface area contributed by atoms with Gasteiger partial charge in [0.1, 0.15) is 34.2 Å². The minimum absolute atomic E-state index is 0.576. The van der Waals surface area contributed by atoms with Crippen LogP contribution in [0.15, 0.2) is 277 Å². The Labute approximate surface area is 451 Å². The summed E-state index contributed by atoms with van der Waals surface area (Å²) in [4.78, 5) is 2.43. The molecule has 4 aliphatic rings. The molecule has 1 aromatic heterocycles. The molecule has 0 amide bonds. The lowest BCUT2D eigenvalue weighted by molar-refractivity contribution is 0.436. The summed E-state index contributed by atoms with van der Waals surface area (Å²) in [5.41, 5.74) is 22.7. The molecule has 0 radical (unpaired) electrons. The van der Waals surface area contributed by atoms with Crippen LogP contribution in [0.25, 0.3) is 66.4 Å². The standard InChI is InChI=1S/C74H45NO3/c1-4-21-59-53(18-1)55-39-34-48(43-65(55)73(59)61-23-6-11-28-68(61)77-69-29-12-7-24-62(69)73)47-16-15-17-51(42-47)75(50-36-32-46(33-37-50)49-35-40-58-57-20-3-10-27-67(57)76-72(58)44-49)52-38-41-56-54-19-2-5-22-60(54)74(66(56)45-52)63-25-8-13-30-70(63)78-71-31-14-9-26-64(71)74/h1-45H. The minimum atomic E-state index is -0.626. The van der Waals surface area contributed by atoms with Crippen LogP contribution in [0.2, 0.25) is 0 Å². The normalized spacial score (nSPS) is 14.1. The number of anilines is 3. The Hall–Kier alpha value is -10.2. The molecule has 17 rings (SSSR count). The fourth-order valence-electron chi connectivity index (χ4n) is 14.0. The fraction of sp³-hybridized carbons (Fsp3) is 0.0270. The molecular weight excluding hydrogens is 951 g/mol. The van der Waals surface area contributed by atoms with Crippen LogP contribution in [-0.4, -0.2) is 0 Å². The highest BCUT2D eigenvalue weighted by molar-refractivity contribution is 6.06. The molecule has 78 heavy (non-hydrogen) atoms. The number of nitrogens with zero attached hydrogens (tertiary/aromatic N) is 1. The summed E-state index contributed by atoms with van der Waals surface area (Å²) in [5.74, 6) is 3.51. The average molecular weight is 996 g/mol. The summed E-state index contributed by atoms with van der Waals surface area (Å²) >= 11 is 0. The van der Waals surface area contributed by atoms with Crippen molar-refractivity contribution in [1.82, 2.24) is 0 Å². The van der Waals surface area contributed by atoms with E-state index in [9.17, 15) is 0 Å². The maximum absolute atomic E-state index is 6.75. The number of rotatable bonds is 5.